The molecule has 90 valence electrons. The molecule has 0 unspecified atom stereocenters. The summed E-state index contributed by atoms with van der Waals surface area (Å²) in [7, 11) is 0. The van der Waals surface area contributed by atoms with Crippen LogP contribution in [-0.2, 0) is 9.53 Å². The molecule has 1 aliphatic carbocycles. The number of amides is 1. The van der Waals surface area contributed by atoms with Crippen molar-refractivity contribution in [3.05, 3.63) is 0 Å². The summed E-state index contributed by atoms with van der Waals surface area (Å²) in [4.78, 5) is 14.2. The van der Waals surface area contributed by atoms with Crippen LogP contribution in [0.5, 0.6) is 0 Å². The highest BCUT2D eigenvalue weighted by atomic mass is 16.5. The molecule has 3 aliphatic rings. The number of carbonyl (C=O) groups is 1. The SMILES string of the molecule is O=C(C1CCCC1)N1CC2(CCOCC2)C1. The Kier molecular flexibility index (Phi) is 2.66. The second-order valence-electron chi connectivity index (χ2n) is 5.79. The first-order valence-corrected chi connectivity index (χ1v) is 6.66. The zero-order chi connectivity index (χ0) is 11.0. The van der Waals surface area contributed by atoms with Gasteiger partial charge in [-0.2, -0.15) is 0 Å². The van der Waals surface area contributed by atoms with E-state index in [1.807, 2.05) is 0 Å². The van der Waals surface area contributed by atoms with Crippen LogP contribution in [0.1, 0.15) is 38.5 Å². The minimum Gasteiger partial charge on any atom is -0.381 e. The normalized spacial score (nSPS) is 29.4. The largest absolute Gasteiger partial charge is 0.381 e. The molecule has 0 atom stereocenters. The van der Waals surface area contributed by atoms with Crippen molar-refractivity contribution in [1.29, 1.82) is 0 Å². The summed E-state index contributed by atoms with van der Waals surface area (Å²) < 4.78 is 5.39. The number of ether oxygens (including phenoxy) is 1. The van der Waals surface area contributed by atoms with E-state index in [1.165, 1.54) is 12.8 Å². The van der Waals surface area contributed by atoms with Crippen molar-refractivity contribution in [2.75, 3.05) is 26.3 Å². The summed E-state index contributed by atoms with van der Waals surface area (Å²) in [5.74, 6) is 0.798. The van der Waals surface area contributed by atoms with Gasteiger partial charge in [0, 0.05) is 37.6 Å². The van der Waals surface area contributed by atoms with Gasteiger partial charge in [0.2, 0.25) is 5.91 Å². The van der Waals surface area contributed by atoms with Crippen LogP contribution in [0, 0.1) is 11.3 Å². The van der Waals surface area contributed by atoms with Crippen molar-refractivity contribution in [1.82, 2.24) is 4.90 Å². The van der Waals surface area contributed by atoms with E-state index < -0.39 is 0 Å². The Morgan fingerprint density at radius 2 is 1.75 bits per heavy atom. The Morgan fingerprint density at radius 1 is 1.12 bits per heavy atom. The molecule has 3 heteroatoms. The van der Waals surface area contributed by atoms with Gasteiger partial charge in [-0.1, -0.05) is 12.8 Å². The van der Waals surface area contributed by atoms with Gasteiger partial charge >= 0.3 is 0 Å². The molecule has 16 heavy (non-hydrogen) atoms. The average molecular weight is 223 g/mol. The molecular formula is C13H21NO2. The van der Waals surface area contributed by atoms with E-state index in [4.69, 9.17) is 4.74 Å². The fourth-order valence-corrected chi connectivity index (χ4v) is 3.47. The molecule has 0 aromatic carbocycles. The highest BCUT2D eigenvalue weighted by molar-refractivity contribution is 5.80. The summed E-state index contributed by atoms with van der Waals surface area (Å²) in [6, 6.07) is 0. The van der Waals surface area contributed by atoms with Crippen molar-refractivity contribution in [3.63, 3.8) is 0 Å². The Balaban J connectivity index is 1.53. The van der Waals surface area contributed by atoms with Gasteiger partial charge in [0.15, 0.2) is 0 Å². The minimum atomic E-state index is 0.359. The van der Waals surface area contributed by atoms with E-state index in [0.717, 1.165) is 52.0 Å². The number of nitrogens with zero attached hydrogens (tertiary/aromatic N) is 1. The zero-order valence-corrected chi connectivity index (χ0v) is 9.91. The van der Waals surface area contributed by atoms with Crippen LogP contribution in [-0.4, -0.2) is 37.1 Å². The van der Waals surface area contributed by atoms with Gasteiger partial charge in [-0.3, -0.25) is 4.79 Å². The van der Waals surface area contributed by atoms with Gasteiger partial charge < -0.3 is 9.64 Å². The van der Waals surface area contributed by atoms with Crippen molar-refractivity contribution < 1.29 is 9.53 Å². The molecule has 3 rings (SSSR count). The van der Waals surface area contributed by atoms with Crippen molar-refractivity contribution >= 4 is 5.91 Å². The second kappa shape index (κ2) is 4.02. The highest BCUT2D eigenvalue weighted by Gasteiger charge is 2.46. The van der Waals surface area contributed by atoms with Crippen LogP contribution in [0.15, 0.2) is 0 Å². The summed E-state index contributed by atoms with van der Waals surface area (Å²) >= 11 is 0. The highest BCUT2D eigenvalue weighted by Crippen LogP contribution is 2.41. The predicted octanol–water partition coefficient (Wildman–Crippen LogP) is 1.82. The Hall–Kier alpha value is -0.570. The lowest BCUT2D eigenvalue weighted by Crippen LogP contribution is -2.61. The first-order valence-electron chi connectivity index (χ1n) is 6.66. The molecule has 0 aromatic heterocycles. The molecule has 0 N–H and O–H groups in total. The zero-order valence-electron chi connectivity index (χ0n) is 9.91. The van der Waals surface area contributed by atoms with E-state index in [-0.39, 0.29) is 0 Å². The van der Waals surface area contributed by atoms with Gasteiger partial charge in [0.05, 0.1) is 0 Å². The van der Waals surface area contributed by atoms with Crippen molar-refractivity contribution in [2.45, 2.75) is 38.5 Å². The molecular weight excluding hydrogens is 202 g/mol. The molecule has 1 saturated carbocycles. The molecule has 2 heterocycles. The Bertz CT molecular complexity index is 270. The summed E-state index contributed by atoms with van der Waals surface area (Å²) in [5.41, 5.74) is 0.437. The van der Waals surface area contributed by atoms with Gasteiger partial charge in [-0.25, -0.2) is 0 Å². The molecule has 0 bridgehead atoms. The van der Waals surface area contributed by atoms with Crippen LogP contribution in [0.4, 0.5) is 0 Å². The molecule has 1 spiro atoms. The molecule has 3 fully saturated rings. The summed E-state index contributed by atoms with van der Waals surface area (Å²) in [5, 5.41) is 0. The fraction of sp³-hybridized carbons (Fsp3) is 0.923. The monoisotopic (exact) mass is 223 g/mol. The maximum Gasteiger partial charge on any atom is 0.225 e. The third kappa shape index (κ3) is 1.75. The molecule has 2 saturated heterocycles. The maximum atomic E-state index is 12.1. The van der Waals surface area contributed by atoms with Crippen molar-refractivity contribution in [3.8, 4) is 0 Å². The lowest BCUT2D eigenvalue weighted by molar-refractivity contribution is -0.154. The number of rotatable bonds is 1. The topological polar surface area (TPSA) is 29.5 Å². The number of hydrogen-bond acceptors (Lipinski definition) is 2. The predicted molar refractivity (Wildman–Crippen MR) is 61.0 cm³/mol. The molecule has 1 amide bonds. The van der Waals surface area contributed by atoms with Gasteiger partial charge in [0.25, 0.3) is 0 Å². The Morgan fingerprint density at radius 3 is 2.38 bits per heavy atom. The molecule has 0 radical (unpaired) electrons. The standard InChI is InChI=1S/C13H21NO2/c15-12(11-3-1-2-4-11)14-9-13(10-14)5-7-16-8-6-13/h11H,1-10H2. The van der Waals surface area contributed by atoms with E-state index in [1.54, 1.807) is 0 Å². The number of carbonyl (C=O) groups excluding carboxylic acids is 1. The van der Waals surface area contributed by atoms with Crippen LogP contribution in [0.3, 0.4) is 0 Å². The third-order valence-corrected chi connectivity index (χ3v) is 4.62. The van der Waals surface area contributed by atoms with E-state index >= 15 is 0 Å². The van der Waals surface area contributed by atoms with Crippen LogP contribution < -0.4 is 0 Å². The maximum absolute atomic E-state index is 12.1. The quantitative estimate of drug-likeness (QED) is 0.678. The van der Waals surface area contributed by atoms with Gasteiger partial charge in [-0.15, -0.1) is 0 Å². The Labute approximate surface area is 97.1 Å². The van der Waals surface area contributed by atoms with Gasteiger partial charge in [0.1, 0.15) is 0 Å². The summed E-state index contributed by atoms with van der Waals surface area (Å²) in [6.07, 6.45) is 7.08. The van der Waals surface area contributed by atoms with Gasteiger partial charge in [-0.05, 0) is 25.7 Å². The second-order valence-corrected chi connectivity index (χ2v) is 5.79. The lowest BCUT2D eigenvalue weighted by atomic mass is 9.73. The lowest BCUT2D eigenvalue weighted by Gasteiger charge is -2.52. The molecule has 3 nitrogen and oxygen atoms in total. The molecule has 0 aromatic rings. The van der Waals surface area contributed by atoms with Crippen LogP contribution >= 0.6 is 0 Å². The first-order chi connectivity index (χ1) is 7.79. The third-order valence-electron chi connectivity index (χ3n) is 4.62. The smallest absolute Gasteiger partial charge is 0.225 e. The van der Waals surface area contributed by atoms with Crippen LogP contribution in [0.2, 0.25) is 0 Å². The average Bonchev–Trinajstić information content (AvgIpc) is 2.79. The fourth-order valence-electron chi connectivity index (χ4n) is 3.47. The summed E-state index contributed by atoms with van der Waals surface area (Å²) in [6.45, 7) is 3.80. The molecule has 2 aliphatic heterocycles. The number of hydrogen-bond donors (Lipinski definition) is 0. The number of likely N-dealkylation sites (tertiary alicyclic amines) is 1. The van der Waals surface area contributed by atoms with E-state index in [9.17, 15) is 4.79 Å². The van der Waals surface area contributed by atoms with Crippen molar-refractivity contribution in [2.24, 2.45) is 11.3 Å². The first kappa shape index (κ1) is 10.6. The van der Waals surface area contributed by atoms with E-state index in [0.29, 0.717) is 17.2 Å². The van der Waals surface area contributed by atoms with Crippen LogP contribution in [0.25, 0.3) is 0 Å². The minimum absolute atomic E-state index is 0.359. The van der Waals surface area contributed by atoms with E-state index in [2.05, 4.69) is 4.90 Å².